The molecule has 0 saturated heterocycles. The van der Waals surface area contributed by atoms with Gasteiger partial charge in [-0.3, -0.25) is 4.79 Å². The highest BCUT2D eigenvalue weighted by molar-refractivity contribution is 5.73. The van der Waals surface area contributed by atoms with Crippen LogP contribution in [-0.4, -0.2) is 28.8 Å². The van der Waals surface area contributed by atoms with Crippen LogP contribution < -0.4 is 5.73 Å². The quantitative estimate of drug-likeness (QED) is 0.512. The molecule has 1 aliphatic carbocycles. The fourth-order valence-electron chi connectivity index (χ4n) is 1.26. The molecule has 64 valence electrons. The van der Waals surface area contributed by atoms with Crippen molar-refractivity contribution < 1.29 is 15.0 Å². The van der Waals surface area contributed by atoms with Crippen molar-refractivity contribution in [1.82, 2.24) is 0 Å². The van der Waals surface area contributed by atoms with E-state index in [9.17, 15) is 4.79 Å². The zero-order valence-corrected chi connectivity index (χ0v) is 6.23. The van der Waals surface area contributed by atoms with E-state index in [2.05, 4.69) is 0 Å². The number of aliphatic hydroxyl groups is 1. The van der Waals surface area contributed by atoms with Crippen molar-refractivity contribution in [1.29, 1.82) is 0 Å². The van der Waals surface area contributed by atoms with Crippen LogP contribution in [0.4, 0.5) is 0 Å². The molecular formula is C7H13NO3. The molecule has 1 saturated carbocycles. The number of hydrogen-bond acceptors (Lipinski definition) is 3. The minimum absolute atomic E-state index is 0.158. The number of rotatable bonds is 4. The fourth-order valence-corrected chi connectivity index (χ4v) is 1.26. The largest absolute Gasteiger partial charge is 0.481 e. The normalized spacial score (nSPS) is 31.5. The van der Waals surface area contributed by atoms with Gasteiger partial charge in [-0.15, -0.1) is 0 Å². The number of carboxylic acid groups (broad SMARTS) is 1. The first-order chi connectivity index (χ1) is 5.15. The molecule has 3 unspecified atom stereocenters. The highest BCUT2D eigenvalue weighted by Gasteiger charge is 2.43. The van der Waals surface area contributed by atoms with E-state index >= 15 is 0 Å². The maximum atomic E-state index is 10.3. The number of hydrogen-bond donors (Lipinski definition) is 3. The molecule has 0 aromatic heterocycles. The fraction of sp³-hybridized carbons (Fsp3) is 0.857. The van der Waals surface area contributed by atoms with Crippen molar-refractivity contribution in [2.45, 2.75) is 18.9 Å². The van der Waals surface area contributed by atoms with E-state index in [1.54, 1.807) is 0 Å². The van der Waals surface area contributed by atoms with Crippen LogP contribution in [0.2, 0.25) is 0 Å². The Labute approximate surface area is 65.0 Å². The van der Waals surface area contributed by atoms with Gasteiger partial charge in [0.1, 0.15) is 0 Å². The molecule has 1 fully saturated rings. The maximum Gasteiger partial charge on any atom is 0.306 e. The minimum atomic E-state index is -0.751. The summed E-state index contributed by atoms with van der Waals surface area (Å²) in [6.45, 7) is 0.225. The van der Waals surface area contributed by atoms with E-state index in [0.29, 0.717) is 12.8 Å². The van der Waals surface area contributed by atoms with Gasteiger partial charge in [0.2, 0.25) is 0 Å². The zero-order chi connectivity index (χ0) is 8.43. The van der Waals surface area contributed by atoms with Crippen molar-refractivity contribution in [2.75, 3.05) is 6.54 Å². The van der Waals surface area contributed by atoms with Gasteiger partial charge in [-0.2, -0.15) is 0 Å². The Morgan fingerprint density at radius 3 is 2.73 bits per heavy atom. The monoisotopic (exact) mass is 159 g/mol. The highest BCUT2D eigenvalue weighted by Crippen LogP contribution is 2.41. The van der Waals surface area contributed by atoms with E-state index in [4.69, 9.17) is 15.9 Å². The zero-order valence-electron chi connectivity index (χ0n) is 6.23. The third-order valence-electron chi connectivity index (χ3n) is 2.09. The number of carbonyl (C=O) groups is 1. The standard InChI is InChI=1S/C7H13NO3/c8-3-5(9)1-4-2-6(4)7(10)11/h4-6,9H,1-3,8H2,(H,10,11). The van der Waals surface area contributed by atoms with Crippen LogP contribution in [0, 0.1) is 11.8 Å². The van der Waals surface area contributed by atoms with Crippen LogP contribution in [0.5, 0.6) is 0 Å². The summed E-state index contributed by atoms with van der Waals surface area (Å²) < 4.78 is 0. The van der Waals surface area contributed by atoms with E-state index in [1.165, 1.54) is 0 Å². The molecule has 1 aliphatic rings. The van der Waals surface area contributed by atoms with Crippen LogP contribution in [0.25, 0.3) is 0 Å². The van der Waals surface area contributed by atoms with Crippen molar-refractivity contribution in [3.05, 3.63) is 0 Å². The first kappa shape index (κ1) is 8.49. The van der Waals surface area contributed by atoms with Crippen LogP contribution in [-0.2, 0) is 4.79 Å². The SMILES string of the molecule is NCC(O)CC1CC1C(=O)O. The molecule has 0 heterocycles. The molecule has 0 aromatic carbocycles. The smallest absolute Gasteiger partial charge is 0.306 e. The lowest BCUT2D eigenvalue weighted by atomic mass is 10.1. The summed E-state index contributed by atoms with van der Waals surface area (Å²) in [4.78, 5) is 10.3. The Morgan fingerprint density at radius 1 is 1.73 bits per heavy atom. The molecule has 4 nitrogen and oxygen atoms in total. The first-order valence-corrected chi connectivity index (χ1v) is 3.76. The summed E-state index contributed by atoms with van der Waals surface area (Å²) in [5, 5.41) is 17.5. The second-order valence-corrected chi connectivity index (χ2v) is 3.07. The lowest BCUT2D eigenvalue weighted by molar-refractivity contribution is -0.138. The molecule has 0 spiro atoms. The van der Waals surface area contributed by atoms with E-state index < -0.39 is 12.1 Å². The molecule has 4 heteroatoms. The van der Waals surface area contributed by atoms with Crippen LogP contribution >= 0.6 is 0 Å². The van der Waals surface area contributed by atoms with Gasteiger partial charge in [-0.05, 0) is 18.8 Å². The Morgan fingerprint density at radius 2 is 2.36 bits per heavy atom. The summed E-state index contributed by atoms with van der Waals surface area (Å²) in [6, 6.07) is 0. The summed E-state index contributed by atoms with van der Waals surface area (Å²) in [5.74, 6) is -0.818. The minimum Gasteiger partial charge on any atom is -0.481 e. The molecule has 0 radical (unpaired) electrons. The summed E-state index contributed by atoms with van der Waals surface area (Å²) in [5.41, 5.74) is 5.17. The Bertz CT molecular complexity index is 160. The Kier molecular flexibility index (Phi) is 2.46. The average Bonchev–Trinajstić information content (AvgIpc) is 2.67. The first-order valence-electron chi connectivity index (χ1n) is 3.76. The molecule has 0 bridgehead atoms. The van der Waals surface area contributed by atoms with Crippen LogP contribution in [0.15, 0.2) is 0 Å². The predicted octanol–water partition coefficient (Wildman–Crippen LogP) is -0.583. The van der Waals surface area contributed by atoms with Gasteiger partial charge in [0, 0.05) is 6.54 Å². The van der Waals surface area contributed by atoms with E-state index in [-0.39, 0.29) is 18.4 Å². The maximum absolute atomic E-state index is 10.3. The number of aliphatic carboxylic acids is 1. The molecule has 4 N–H and O–H groups in total. The van der Waals surface area contributed by atoms with Gasteiger partial charge >= 0.3 is 5.97 Å². The van der Waals surface area contributed by atoms with Crippen molar-refractivity contribution in [2.24, 2.45) is 17.6 Å². The topological polar surface area (TPSA) is 83.5 Å². The second kappa shape index (κ2) is 3.19. The van der Waals surface area contributed by atoms with Gasteiger partial charge in [-0.1, -0.05) is 0 Å². The molecule has 0 amide bonds. The van der Waals surface area contributed by atoms with Gasteiger partial charge in [-0.25, -0.2) is 0 Å². The molecule has 3 atom stereocenters. The third-order valence-corrected chi connectivity index (χ3v) is 2.09. The Hall–Kier alpha value is -0.610. The van der Waals surface area contributed by atoms with Gasteiger partial charge in [0.25, 0.3) is 0 Å². The number of nitrogens with two attached hydrogens (primary N) is 1. The molecule has 11 heavy (non-hydrogen) atoms. The van der Waals surface area contributed by atoms with Crippen molar-refractivity contribution in [3.8, 4) is 0 Å². The van der Waals surface area contributed by atoms with Gasteiger partial charge < -0.3 is 15.9 Å². The molecule has 1 rings (SSSR count). The predicted molar refractivity (Wildman–Crippen MR) is 38.9 cm³/mol. The van der Waals surface area contributed by atoms with E-state index in [1.807, 2.05) is 0 Å². The number of aliphatic hydroxyl groups excluding tert-OH is 1. The summed E-state index contributed by atoms with van der Waals surface area (Å²) in [7, 11) is 0. The second-order valence-electron chi connectivity index (χ2n) is 3.07. The van der Waals surface area contributed by atoms with Crippen molar-refractivity contribution >= 4 is 5.97 Å². The lowest BCUT2D eigenvalue weighted by Crippen LogP contribution is -2.20. The van der Waals surface area contributed by atoms with Crippen molar-refractivity contribution in [3.63, 3.8) is 0 Å². The molecule has 0 aliphatic heterocycles. The molecular weight excluding hydrogens is 146 g/mol. The van der Waals surface area contributed by atoms with Gasteiger partial charge in [0.05, 0.1) is 12.0 Å². The summed E-state index contributed by atoms with van der Waals surface area (Å²) >= 11 is 0. The average molecular weight is 159 g/mol. The van der Waals surface area contributed by atoms with Gasteiger partial charge in [0.15, 0.2) is 0 Å². The number of carboxylic acids is 1. The van der Waals surface area contributed by atoms with Crippen LogP contribution in [0.3, 0.4) is 0 Å². The van der Waals surface area contributed by atoms with Crippen LogP contribution in [0.1, 0.15) is 12.8 Å². The molecule has 0 aromatic rings. The highest BCUT2D eigenvalue weighted by atomic mass is 16.4. The summed E-state index contributed by atoms with van der Waals surface area (Å²) in [6.07, 6.45) is 0.712. The third kappa shape index (κ3) is 2.17. The Balaban J connectivity index is 2.18. The van der Waals surface area contributed by atoms with E-state index in [0.717, 1.165) is 0 Å². The lowest BCUT2D eigenvalue weighted by Gasteiger charge is -2.04.